The number of rotatable bonds is 4. The lowest BCUT2D eigenvalue weighted by molar-refractivity contribution is -0.130. The molecule has 1 aliphatic heterocycles. The highest BCUT2D eigenvalue weighted by atomic mass is 35.5. The molecule has 0 atom stereocenters. The largest absolute Gasteiger partial charge is 0.368 e. The number of hydrogen-bond donors (Lipinski definition) is 1. The summed E-state index contributed by atoms with van der Waals surface area (Å²) in [5.41, 5.74) is 9.04. The fourth-order valence-electron chi connectivity index (χ4n) is 4.06. The third kappa shape index (κ3) is 5.10. The van der Waals surface area contributed by atoms with Crippen LogP contribution in [0.3, 0.4) is 0 Å². The summed E-state index contributed by atoms with van der Waals surface area (Å²) in [6.45, 7) is 2.22. The van der Waals surface area contributed by atoms with Gasteiger partial charge in [-0.25, -0.2) is 9.97 Å². The molecule has 0 unspecified atom stereocenters. The number of anilines is 2. The van der Waals surface area contributed by atoms with E-state index in [4.69, 9.17) is 45.5 Å². The molecule has 3 heterocycles. The fraction of sp³-hybridized carbons (Fsp3) is 0.208. The van der Waals surface area contributed by atoms with Gasteiger partial charge in [0.15, 0.2) is 17.0 Å². The van der Waals surface area contributed by atoms with Crippen molar-refractivity contribution in [2.75, 3.05) is 36.8 Å². The summed E-state index contributed by atoms with van der Waals surface area (Å²) in [5, 5.41) is 1.62. The lowest BCUT2D eigenvalue weighted by atomic mass is 10.1. The molecule has 0 saturated carbocycles. The molecule has 1 amide bonds. The van der Waals surface area contributed by atoms with E-state index in [0.717, 1.165) is 5.56 Å². The Hall–Kier alpha value is -3.20. The first kappa shape index (κ1) is 23.5. The first-order chi connectivity index (χ1) is 16.9. The van der Waals surface area contributed by atoms with E-state index < -0.39 is 0 Å². The smallest absolute Gasteiger partial charge is 0.227 e. The molecule has 1 saturated heterocycles. The summed E-state index contributed by atoms with van der Waals surface area (Å²) < 4.78 is 0. The first-order valence-corrected chi connectivity index (χ1v) is 12.0. The normalized spacial score (nSPS) is 13.9. The number of nitrogens with two attached hydrogens (primary N) is 1. The number of aromatic nitrogens is 4. The Morgan fingerprint density at radius 2 is 1.71 bits per heavy atom. The van der Waals surface area contributed by atoms with Crippen LogP contribution >= 0.6 is 34.8 Å². The van der Waals surface area contributed by atoms with Crippen molar-refractivity contribution in [1.82, 2.24) is 24.8 Å². The van der Waals surface area contributed by atoms with Crippen LogP contribution in [0.5, 0.6) is 0 Å². The van der Waals surface area contributed by atoms with Gasteiger partial charge in [-0.2, -0.15) is 9.97 Å². The van der Waals surface area contributed by atoms with Crippen molar-refractivity contribution in [2.24, 2.45) is 0 Å². The Kier molecular flexibility index (Phi) is 6.60. The molecule has 0 spiro atoms. The van der Waals surface area contributed by atoms with E-state index in [2.05, 4.69) is 15.0 Å². The van der Waals surface area contributed by atoms with Crippen LogP contribution in [0.2, 0.25) is 15.1 Å². The Bertz CT molecular complexity index is 1420. The zero-order valence-corrected chi connectivity index (χ0v) is 20.7. The summed E-state index contributed by atoms with van der Waals surface area (Å²) in [6.07, 6.45) is 1.90. The maximum Gasteiger partial charge on any atom is 0.227 e. The highest BCUT2D eigenvalue weighted by Gasteiger charge is 2.25. The number of nitrogen functional groups attached to an aromatic ring is 1. The average molecular weight is 529 g/mol. The summed E-state index contributed by atoms with van der Waals surface area (Å²) in [7, 11) is 0. The molecule has 178 valence electrons. The van der Waals surface area contributed by atoms with E-state index in [-0.39, 0.29) is 11.9 Å². The monoisotopic (exact) mass is 527 g/mol. The maximum atomic E-state index is 12.8. The summed E-state index contributed by atoms with van der Waals surface area (Å²) in [5.74, 6) is 0.742. The maximum absolute atomic E-state index is 12.8. The van der Waals surface area contributed by atoms with Gasteiger partial charge in [0.05, 0.1) is 23.3 Å². The highest BCUT2D eigenvalue weighted by molar-refractivity contribution is 6.36. The second-order valence-corrected chi connectivity index (χ2v) is 9.41. The van der Waals surface area contributed by atoms with Crippen molar-refractivity contribution >= 4 is 63.6 Å². The van der Waals surface area contributed by atoms with E-state index in [1.54, 1.807) is 30.5 Å². The Morgan fingerprint density at radius 3 is 2.46 bits per heavy atom. The van der Waals surface area contributed by atoms with Crippen LogP contribution in [0, 0.1) is 0 Å². The van der Waals surface area contributed by atoms with Crippen molar-refractivity contribution < 1.29 is 4.79 Å². The molecule has 2 aromatic heterocycles. The number of fused-ring (bicyclic) bond motifs is 1. The van der Waals surface area contributed by atoms with Crippen LogP contribution in [0.15, 0.2) is 48.7 Å². The van der Waals surface area contributed by atoms with E-state index in [1.165, 1.54) is 0 Å². The van der Waals surface area contributed by atoms with Gasteiger partial charge in [0, 0.05) is 41.8 Å². The van der Waals surface area contributed by atoms with Gasteiger partial charge in [0.2, 0.25) is 11.9 Å². The minimum atomic E-state index is 0.0541. The minimum absolute atomic E-state index is 0.0541. The molecule has 1 fully saturated rings. The van der Waals surface area contributed by atoms with Gasteiger partial charge in [-0.15, -0.1) is 0 Å². The Balaban J connectivity index is 1.38. The predicted molar refractivity (Wildman–Crippen MR) is 139 cm³/mol. The zero-order valence-electron chi connectivity index (χ0n) is 18.5. The molecule has 8 nitrogen and oxygen atoms in total. The van der Waals surface area contributed by atoms with Crippen molar-refractivity contribution in [3.05, 3.63) is 69.3 Å². The number of hydrogen-bond acceptors (Lipinski definition) is 7. The first-order valence-electron chi connectivity index (χ1n) is 10.9. The van der Waals surface area contributed by atoms with E-state index in [9.17, 15) is 4.79 Å². The molecule has 4 aromatic rings. The zero-order chi connectivity index (χ0) is 24.5. The van der Waals surface area contributed by atoms with Crippen LogP contribution in [0.1, 0.15) is 5.56 Å². The molecule has 0 bridgehead atoms. The van der Waals surface area contributed by atoms with E-state index in [0.29, 0.717) is 75.9 Å². The van der Waals surface area contributed by atoms with Gasteiger partial charge in [-0.3, -0.25) is 4.79 Å². The van der Waals surface area contributed by atoms with Crippen molar-refractivity contribution in [3.8, 4) is 11.3 Å². The summed E-state index contributed by atoms with van der Waals surface area (Å²) >= 11 is 18.5. The molecule has 0 radical (unpaired) electrons. The number of benzene rings is 2. The van der Waals surface area contributed by atoms with E-state index in [1.807, 2.05) is 28.0 Å². The van der Waals surface area contributed by atoms with Gasteiger partial charge in [-0.1, -0.05) is 46.9 Å². The van der Waals surface area contributed by atoms with Crippen LogP contribution in [0.25, 0.3) is 22.4 Å². The fourth-order valence-corrected chi connectivity index (χ4v) is 4.78. The second-order valence-electron chi connectivity index (χ2n) is 8.13. The number of piperazine rings is 1. The van der Waals surface area contributed by atoms with Gasteiger partial charge in [0.1, 0.15) is 0 Å². The quantitative estimate of drug-likeness (QED) is 0.415. The third-order valence-corrected chi connectivity index (χ3v) is 6.57. The second kappa shape index (κ2) is 9.81. The molecule has 0 aliphatic carbocycles. The number of nitrogens with zero attached hydrogens (tertiary/aromatic N) is 6. The predicted octanol–water partition coefficient (Wildman–Crippen LogP) is 4.52. The summed E-state index contributed by atoms with van der Waals surface area (Å²) in [6, 6.07) is 12.6. The Morgan fingerprint density at radius 1 is 0.943 bits per heavy atom. The molecule has 2 aromatic carbocycles. The van der Waals surface area contributed by atoms with Crippen LogP contribution in [-0.2, 0) is 11.2 Å². The van der Waals surface area contributed by atoms with Gasteiger partial charge >= 0.3 is 0 Å². The molecule has 35 heavy (non-hydrogen) atoms. The van der Waals surface area contributed by atoms with Gasteiger partial charge in [-0.05, 0) is 35.9 Å². The van der Waals surface area contributed by atoms with Crippen LogP contribution < -0.4 is 10.6 Å². The van der Waals surface area contributed by atoms with Crippen LogP contribution in [-0.4, -0.2) is 56.9 Å². The molecule has 11 heteroatoms. The molecule has 2 N–H and O–H groups in total. The van der Waals surface area contributed by atoms with Crippen LogP contribution in [0.4, 0.5) is 11.8 Å². The number of halogens is 3. The number of amides is 1. The topological polar surface area (TPSA) is 101 Å². The summed E-state index contributed by atoms with van der Waals surface area (Å²) in [4.78, 5) is 34.6. The van der Waals surface area contributed by atoms with Gasteiger partial charge < -0.3 is 15.5 Å². The molecular weight excluding hydrogens is 509 g/mol. The molecular formula is C24H20Cl3N7O. The number of carbonyl (C=O) groups excluding carboxylic acids is 1. The highest BCUT2D eigenvalue weighted by Crippen LogP contribution is 2.31. The molecule has 5 rings (SSSR count). The van der Waals surface area contributed by atoms with Crippen molar-refractivity contribution in [1.29, 1.82) is 0 Å². The minimum Gasteiger partial charge on any atom is -0.368 e. The van der Waals surface area contributed by atoms with Crippen molar-refractivity contribution in [3.63, 3.8) is 0 Å². The third-order valence-electron chi connectivity index (χ3n) is 5.79. The number of carbonyl (C=O) groups is 1. The lowest BCUT2D eigenvalue weighted by Crippen LogP contribution is -2.49. The molecule has 1 aliphatic rings. The van der Waals surface area contributed by atoms with E-state index >= 15 is 0 Å². The average Bonchev–Trinajstić information content (AvgIpc) is 2.83. The van der Waals surface area contributed by atoms with Gasteiger partial charge in [0.25, 0.3) is 0 Å². The standard InChI is InChI=1S/C24H20Cl3N7O/c25-15-3-1-2-14(10-15)11-20(35)33-6-8-34(9-7-33)23-21-22(31-24(28)32-23)29-13-19(30-21)17-5-4-16(26)12-18(17)27/h1-5,10,12-13H,6-9,11H2,(H2,28,29,31,32). The SMILES string of the molecule is Nc1nc(N2CCN(C(=O)Cc3cccc(Cl)c3)CC2)c2nc(-c3ccc(Cl)cc3Cl)cnc2n1. The van der Waals surface area contributed by atoms with Crippen molar-refractivity contribution in [2.45, 2.75) is 6.42 Å². The Labute approximate surface area is 216 Å². The lowest BCUT2D eigenvalue weighted by Gasteiger charge is -2.35.